The van der Waals surface area contributed by atoms with E-state index in [0.717, 1.165) is 88.9 Å². The lowest BCUT2D eigenvalue weighted by Crippen LogP contribution is -2.50. The van der Waals surface area contributed by atoms with E-state index in [1.54, 1.807) is 6.07 Å². The summed E-state index contributed by atoms with van der Waals surface area (Å²) in [6.45, 7) is 8.65. The lowest BCUT2D eigenvalue weighted by Gasteiger charge is -2.38. The van der Waals surface area contributed by atoms with Crippen LogP contribution >= 0.6 is 0 Å². The number of carbonyl (C=O) groups is 2. The van der Waals surface area contributed by atoms with Crippen molar-refractivity contribution >= 4 is 23.3 Å². The van der Waals surface area contributed by atoms with Crippen LogP contribution in [0.15, 0.2) is 41.5 Å². The van der Waals surface area contributed by atoms with Gasteiger partial charge in [-0.3, -0.25) is 14.5 Å². The summed E-state index contributed by atoms with van der Waals surface area (Å²) in [5, 5.41) is 13.9. The highest BCUT2D eigenvalue weighted by Crippen LogP contribution is 2.39. The van der Waals surface area contributed by atoms with Crippen molar-refractivity contribution in [3.63, 3.8) is 0 Å². The fraction of sp³-hybridized carbons (Fsp3) is 0.611. The van der Waals surface area contributed by atoms with Gasteiger partial charge in [0.25, 0.3) is 5.91 Å². The molecule has 47 heavy (non-hydrogen) atoms. The molecule has 5 heterocycles. The highest BCUT2D eigenvalue weighted by Gasteiger charge is 2.44. The average molecular weight is 647 g/mol. The SMILES string of the molecule is CC(C)(O)C1CCN(CCOc2cc3c(cn2)CC(=NC(=O)c2cccc(F)c2)N3C2CCC(C(=O)N3C[C@@H]4C[C@H]3CN4)CC2)CC1. The van der Waals surface area contributed by atoms with Crippen LogP contribution in [0.2, 0.25) is 0 Å². The van der Waals surface area contributed by atoms with Gasteiger partial charge < -0.3 is 25.0 Å². The van der Waals surface area contributed by atoms with Crippen molar-refractivity contribution in [1.29, 1.82) is 0 Å². The molecule has 0 radical (unpaired) electrons. The Morgan fingerprint density at radius 1 is 1.11 bits per heavy atom. The Morgan fingerprint density at radius 2 is 1.89 bits per heavy atom. The minimum absolute atomic E-state index is 0.0202. The molecule has 1 saturated carbocycles. The number of amidine groups is 1. The van der Waals surface area contributed by atoms with Crippen LogP contribution in [0.25, 0.3) is 0 Å². The Kier molecular flexibility index (Phi) is 9.06. The molecule has 1 aromatic carbocycles. The van der Waals surface area contributed by atoms with Crippen LogP contribution in [0.1, 0.15) is 74.7 Å². The van der Waals surface area contributed by atoms with Gasteiger partial charge in [-0.1, -0.05) is 6.07 Å². The Labute approximate surface area is 276 Å². The van der Waals surface area contributed by atoms with Gasteiger partial charge >= 0.3 is 0 Å². The molecule has 2 N–H and O–H groups in total. The standard InChI is InChI=1S/C36H47FN6O4/c1-36(2,46)26-10-12-41(13-11-26)14-15-47-33-19-31-25(20-39-33)17-32(40-34(44)24-4-3-5-27(37)16-24)43(31)29-8-6-23(7-9-29)35(45)42-22-28-18-30(42)21-38-28/h3-5,16,19-20,23,26,28-30,38,46H,6-15,17-18,21-22H2,1-2H3/t23?,28-,29?,30-/m0/s1. The first-order valence-corrected chi connectivity index (χ1v) is 17.4. The summed E-state index contributed by atoms with van der Waals surface area (Å²) in [5.74, 6) is 0.829. The highest BCUT2D eigenvalue weighted by molar-refractivity contribution is 6.12. The summed E-state index contributed by atoms with van der Waals surface area (Å²) in [7, 11) is 0. The van der Waals surface area contributed by atoms with Crippen LogP contribution in [0, 0.1) is 17.7 Å². The molecule has 2 bridgehead atoms. The lowest BCUT2D eigenvalue weighted by molar-refractivity contribution is -0.138. The van der Waals surface area contributed by atoms with Crippen molar-refractivity contribution in [2.45, 2.75) is 88.9 Å². The topological polar surface area (TPSA) is 111 Å². The van der Waals surface area contributed by atoms with E-state index in [2.05, 4.69) is 30.0 Å². The number of piperazine rings is 1. The number of fused-ring (bicyclic) bond motifs is 3. The van der Waals surface area contributed by atoms with Crippen molar-refractivity contribution in [3.05, 3.63) is 53.5 Å². The van der Waals surface area contributed by atoms with Crippen LogP contribution in [-0.4, -0.2) is 101 Å². The highest BCUT2D eigenvalue weighted by atomic mass is 19.1. The molecule has 7 rings (SSSR count). The number of aliphatic imine (C=N–C) groups is 1. The molecule has 10 nitrogen and oxygen atoms in total. The number of amides is 2. The molecule has 0 unspecified atom stereocenters. The van der Waals surface area contributed by atoms with Crippen molar-refractivity contribution in [2.24, 2.45) is 16.8 Å². The Morgan fingerprint density at radius 3 is 2.57 bits per heavy atom. The van der Waals surface area contributed by atoms with Crippen molar-refractivity contribution < 1.29 is 23.8 Å². The third-order valence-electron chi connectivity index (χ3n) is 11.1. The largest absolute Gasteiger partial charge is 0.476 e. The maximum atomic E-state index is 13.9. The molecule has 4 fully saturated rings. The number of carbonyl (C=O) groups excluding carboxylic acids is 2. The number of aromatic nitrogens is 1. The third kappa shape index (κ3) is 6.93. The van der Waals surface area contributed by atoms with Gasteiger partial charge in [-0.25, -0.2) is 9.37 Å². The van der Waals surface area contributed by atoms with Crippen molar-refractivity contribution in [3.8, 4) is 5.88 Å². The third-order valence-corrected chi connectivity index (χ3v) is 11.1. The first-order chi connectivity index (χ1) is 22.6. The number of pyridine rings is 1. The van der Waals surface area contributed by atoms with E-state index < -0.39 is 17.3 Å². The van der Waals surface area contributed by atoms with Gasteiger partial charge in [0.15, 0.2) is 0 Å². The van der Waals surface area contributed by atoms with E-state index in [4.69, 9.17) is 4.74 Å². The quantitative estimate of drug-likeness (QED) is 0.446. The second-order valence-corrected chi connectivity index (χ2v) is 14.7. The van der Waals surface area contributed by atoms with Gasteiger partial charge in [-0.15, -0.1) is 0 Å². The van der Waals surface area contributed by atoms with Gasteiger partial charge in [0, 0.05) is 73.5 Å². The fourth-order valence-electron chi connectivity index (χ4n) is 8.38. The number of benzene rings is 1. The van der Waals surface area contributed by atoms with Gasteiger partial charge in [-0.2, -0.15) is 4.99 Å². The normalized spacial score (nSPS) is 27.4. The van der Waals surface area contributed by atoms with Crippen LogP contribution < -0.4 is 15.0 Å². The summed E-state index contributed by atoms with van der Waals surface area (Å²) < 4.78 is 20.1. The zero-order valence-corrected chi connectivity index (χ0v) is 27.5. The number of ether oxygens (including phenoxy) is 1. The van der Waals surface area contributed by atoms with E-state index in [1.807, 2.05) is 26.1 Å². The maximum absolute atomic E-state index is 13.9. The number of halogens is 1. The Balaban J connectivity index is 1.04. The van der Waals surface area contributed by atoms with E-state index in [0.29, 0.717) is 48.7 Å². The molecule has 4 aliphatic heterocycles. The number of rotatable bonds is 8. The minimum atomic E-state index is -0.646. The molecule has 3 saturated heterocycles. The van der Waals surface area contributed by atoms with Gasteiger partial charge in [0.1, 0.15) is 18.3 Å². The second kappa shape index (κ2) is 13.2. The van der Waals surface area contributed by atoms with Gasteiger partial charge in [0.2, 0.25) is 11.8 Å². The van der Waals surface area contributed by atoms with E-state index in [-0.39, 0.29) is 17.5 Å². The molecule has 2 amide bonds. The molecule has 2 atom stereocenters. The zero-order valence-electron chi connectivity index (χ0n) is 27.5. The molecule has 1 aliphatic carbocycles. The van der Waals surface area contributed by atoms with Crippen LogP contribution in [0.3, 0.4) is 0 Å². The minimum Gasteiger partial charge on any atom is -0.476 e. The molecule has 2 aromatic rings. The number of hydrogen-bond acceptors (Lipinski definition) is 7. The van der Waals surface area contributed by atoms with Crippen LogP contribution in [0.4, 0.5) is 10.1 Å². The molecule has 252 valence electrons. The Bertz CT molecular complexity index is 1510. The Hall–Kier alpha value is -3.41. The lowest BCUT2D eigenvalue weighted by atomic mass is 9.83. The smallest absolute Gasteiger partial charge is 0.278 e. The van der Waals surface area contributed by atoms with Gasteiger partial charge in [-0.05, 0) is 96.0 Å². The fourth-order valence-corrected chi connectivity index (χ4v) is 8.38. The number of nitrogens with zero attached hydrogens (tertiary/aromatic N) is 5. The van der Waals surface area contributed by atoms with E-state index in [1.165, 1.54) is 18.2 Å². The van der Waals surface area contributed by atoms with Crippen LogP contribution in [0.5, 0.6) is 5.88 Å². The molecule has 0 spiro atoms. The first kappa shape index (κ1) is 32.2. The van der Waals surface area contributed by atoms with Crippen LogP contribution in [-0.2, 0) is 11.2 Å². The summed E-state index contributed by atoms with van der Waals surface area (Å²) in [4.78, 5) is 42.5. The number of piperidine rings is 1. The number of nitrogens with one attached hydrogen (secondary N) is 1. The maximum Gasteiger partial charge on any atom is 0.278 e. The molecule has 1 aromatic heterocycles. The number of anilines is 1. The number of hydrogen-bond donors (Lipinski definition) is 2. The first-order valence-electron chi connectivity index (χ1n) is 17.4. The number of likely N-dealkylation sites (tertiary alicyclic amines) is 2. The van der Waals surface area contributed by atoms with Gasteiger partial charge in [0.05, 0.1) is 11.3 Å². The zero-order chi connectivity index (χ0) is 32.7. The second-order valence-electron chi connectivity index (χ2n) is 14.7. The predicted octanol–water partition coefficient (Wildman–Crippen LogP) is 3.82. The average Bonchev–Trinajstić information content (AvgIpc) is 3.79. The van der Waals surface area contributed by atoms with Crippen molar-refractivity contribution in [2.75, 3.05) is 44.2 Å². The van der Waals surface area contributed by atoms with Crippen molar-refractivity contribution in [1.82, 2.24) is 20.1 Å². The predicted molar refractivity (Wildman–Crippen MR) is 177 cm³/mol. The van der Waals surface area contributed by atoms with E-state index in [9.17, 15) is 19.1 Å². The molecular formula is C36H47FN6O4. The summed E-state index contributed by atoms with van der Waals surface area (Å²) in [6, 6.07) is 8.43. The summed E-state index contributed by atoms with van der Waals surface area (Å²) >= 11 is 0. The monoisotopic (exact) mass is 646 g/mol. The summed E-state index contributed by atoms with van der Waals surface area (Å²) in [6.07, 6.45) is 8.46. The number of aliphatic hydroxyl groups is 1. The molecule has 5 aliphatic rings. The molecular weight excluding hydrogens is 599 g/mol. The summed E-state index contributed by atoms with van der Waals surface area (Å²) in [5.41, 5.74) is 1.47. The van der Waals surface area contributed by atoms with E-state index >= 15 is 0 Å². The molecule has 11 heteroatoms.